The average molecular weight is 245 g/mol. The monoisotopic (exact) mass is 244 g/mol. The van der Waals surface area contributed by atoms with Gasteiger partial charge in [-0.2, -0.15) is 0 Å². The van der Waals surface area contributed by atoms with E-state index >= 15 is 0 Å². The lowest BCUT2D eigenvalue weighted by molar-refractivity contribution is 0.239. The number of halogens is 1. The van der Waals surface area contributed by atoms with Crippen LogP contribution < -0.4 is 0 Å². The van der Waals surface area contributed by atoms with Gasteiger partial charge in [-0.3, -0.25) is 0 Å². The summed E-state index contributed by atoms with van der Waals surface area (Å²) in [5.74, 6) is 0. The fourth-order valence-corrected chi connectivity index (χ4v) is 2.50. The number of allylic oxidation sites excluding steroid dienone is 1. The summed E-state index contributed by atoms with van der Waals surface area (Å²) in [5, 5.41) is 10.0. The summed E-state index contributed by atoms with van der Waals surface area (Å²) in [6.45, 7) is 3.36. The molecule has 0 aromatic heterocycles. The number of aliphatic hydroxyl groups excluding tert-OH is 1. The molecule has 0 spiro atoms. The number of hydrogen-bond donors (Lipinski definition) is 1. The standard InChI is InChI=1S/C11H13ClO2S/c1-3-11(8(2)13)15(14)10-6-4-9(12)5-7-10/h3-8,13H,1-2H3/b11-3+. The van der Waals surface area contributed by atoms with Crippen molar-refractivity contribution in [1.29, 1.82) is 0 Å². The summed E-state index contributed by atoms with van der Waals surface area (Å²) < 4.78 is 12.0. The molecule has 0 aliphatic rings. The van der Waals surface area contributed by atoms with Gasteiger partial charge in [-0.1, -0.05) is 17.7 Å². The van der Waals surface area contributed by atoms with Gasteiger partial charge in [0.25, 0.3) is 0 Å². The van der Waals surface area contributed by atoms with Crippen molar-refractivity contribution < 1.29 is 9.32 Å². The second kappa shape index (κ2) is 5.45. The predicted octanol–water partition coefficient (Wildman–Crippen LogP) is 2.73. The molecule has 0 aliphatic carbocycles. The van der Waals surface area contributed by atoms with Gasteiger partial charge in [0.05, 0.1) is 16.9 Å². The molecule has 1 N–H and O–H groups in total. The van der Waals surface area contributed by atoms with Gasteiger partial charge in [-0.05, 0) is 38.1 Å². The first-order valence-electron chi connectivity index (χ1n) is 4.58. The summed E-state index contributed by atoms with van der Waals surface area (Å²) in [4.78, 5) is 1.16. The van der Waals surface area contributed by atoms with E-state index in [1.165, 1.54) is 0 Å². The Morgan fingerprint density at radius 2 is 2.00 bits per heavy atom. The number of hydrogen-bond acceptors (Lipinski definition) is 2. The van der Waals surface area contributed by atoms with Gasteiger partial charge in [0.15, 0.2) is 0 Å². The van der Waals surface area contributed by atoms with Crippen LogP contribution in [-0.2, 0) is 10.8 Å². The summed E-state index contributed by atoms with van der Waals surface area (Å²) in [6.07, 6.45) is 0.974. The van der Waals surface area contributed by atoms with Gasteiger partial charge in [-0.25, -0.2) is 4.21 Å². The Morgan fingerprint density at radius 3 is 2.40 bits per heavy atom. The molecule has 4 heteroatoms. The molecule has 0 heterocycles. The van der Waals surface area contributed by atoms with E-state index in [0.717, 1.165) is 0 Å². The molecule has 1 aromatic rings. The zero-order chi connectivity index (χ0) is 11.4. The molecular weight excluding hydrogens is 232 g/mol. The second-order valence-electron chi connectivity index (χ2n) is 3.09. The van der Waals surface area contributed by atoms with Crippen LogP contribution in [0.1, 0.15) is 13.8 Å². The molecule has 0 bridgehead atoms. The molecule has 0 radical (unpaired) electrons. The molecule has 2 atom stereocenters. The smallest absolute Gasteiger partial charge is 0.0845 e. The normalized spacial score (nSPS) is 16.1. The minimum atomic E-state index is -1.31. The van der Waals surface area contributed by atoms with Crippen molar-refractivity contribution in [3.63, 3.8) is 0 Å². The third kappa shape index (κ3) is 3.16. The van der Waals surface area contributed by atoms with Crippen molar-refractivity contribution in [1.82, 2.24) is 0 Å². The van der Waals surface area contributed by atoms with Crippen LogP contribution in [0.5, 0.6) is 0 Å². The number of benzene rings is 1. The van der Waals surface area contributed by atoms with Crippen LogP contribution in [-0.4, -0.2) is 15.4 Å². The molecule has 0 amide bonds. The van der Waals surface area contributed by atoms with Crippen molar-refractivity contribution >= 4 is 22.4 Å². The Morgan fingerprint density at radius 1 is 1.47 bits per heavy atom. The van der Waals surface area contributed by atoms with E-state index < -0.39 is 16.9 Å². The van der Waals surface area contributed by atoms with Crippen LogP contribution in [0.3, 0.4) is 0 Å². The highest BCUT2D eigenvalue weighted by molar-refractivity contribution is 7.89. The third-order valence-corrected chi connectivity index (χ3v) is 3.90. The molecule has 82 valence electrons. The molecule has 0 aliphatic heterocycles. The Hall–Kier alpha value is -0.640. The van der Waals surface area contributed by atoms with E-state index in [0.29, 0.717) is 14.8 Å². The second-order valence-corrected chi connectivity index (χ2v) is 5.01. The topological polar surface area (TPSA) is 37.3 Å². The average Bonchev–Trinajstić information content (AvgIpc) is 2.19. The zero-order valence-corrected chi connectivity index (χ0v) is 10.2. The van der Waals surface area contributed by atoms with E-state index in [2.05, 4.69) is 0 Å². The van der Waals surface area contributed by atoms with E-state index in [1.54, 1.807) is 44.2 Å². The molecule has 2 nitrogen and oxygen atoms in total. The predicted molar refractivity (Wildman–Crippen MR) is 63.3 cm³/mol. The first kappa shape index (κ1) is 12.4. The summed E-state index contributed by atoms with van der Waals surface area (Å²) in [6, 6.07) is 6.77. The minimum Gasteiger partial charge on any atom is -0.388 e. The van der Waals surface area contributed by atoms with E-state index in [-0.39, 0.29) is 0 Å². The number of aliphatic hydroxyl groups is 1. The van der Waals surface area contributed by atoms with Crippen molar-refractivity contribution in [3.05, 3.63) is 40.3 Å². The summed E-state index contributed by atoms with van der Waals surface area (Å²) >= 11 is 5.73. The first-order chi connectivity index (χ1) is 7.06. The zero-order valence-electron chi connectivity index (χ0n) is 8.61. The maximum absolute atomic E-state index is 12.0. The van der Waals surface area contributed by atoms with Crippen LogP contribution in [0.15, 0.2) is 40.1 Å². The van der Waals surface area contributed by atoms with Gasteiger partial charge < -0.3 is 5.11 Å². The van der Waals surface area contributed by atoms with E-state index in [4.69, 9.17) is 11.6 Å². The molecule has 0 saturated carbocycles. The summed E-state index contributed by atoms with van der Waals surface area (Å²) in [5.41, 5.74) is 0. The van der Waals surface area contributed by atoms with Crippen molar-refractivity contribution in [3.8, 4) is 0 Å². The highest BCUT2D eigenvalue weighted by Crippen LogP contribution is 2.19. The Bertz CT molecular complexity index is 382. The van der Waals surface area contributed by atoms with Gasteiger partial charge in [-0.15, -0.1) is 0 Å². The fourth-order valence-electron chi connectivity index (χ4n) is 1.20. The van der Waals surface area contributed by atoms with E-state index in [9.17, 15) is 9.32 Å². The highest BCUT2D eigenvalue weighted by atomic mass is 35.5. The lowest BCUT2D eigenvalue weighted by Gasteiger charge is -2.09. The largest absolute Gasteiger partial charge is 0.388 e. The van der Waals surface area contributed by atoms with Gasteiger partial charge in [0.2, 0.25) is 0 Å². The van der Waals surface area contributed by atoms with Gasteiger partial charge in [0, 0.05) is 14.8 Å². The van der Waals surface area contributed by atoms with Crippen LogP contribution in [0.2, 0.25) is 5.02 Å². The molecule has 2 unspecified atom stereocenters. The van der Waals surface area contributed by atoms with Crippen LogP contribution in [0, 0.1) is 0 Å². The maximum Gasteiger partial charge on any atom is 0.0845 e. The van der Waals surface area contributed by atoms with Gasteiger partial charge in [0.1, 0.15) is 0 Å². The lowest BCUT2D eigenvalue weighted by Crippen LogP contribution is -2.10. The Kier molecular flexibility index (Phi) is 4.51. The lowest BCUT2D eigenvalue weighted by atomic mass is 10.3. The number of rotatable bonds is 3. The third-order valence-electron chi connectivity index (χ3n) is 1.94. The quantitative estimate of drug-likeness (QED) is 0.888. The molecule has 0 fully saturated rings. The minimum absolute atomic E-state index is 0.511. The van der Waals surface area contributed by atoms with E-state index in [1.807, 2.05) is 0 Å². The molecule has 1 rings (SSSR count). The molecule has 15 heavy (non-hydrogen) atoms. The van der Waals surface area contributed by atoms with Crippen LogP contribution in [0.25, 0.3) is 0 Å². The van der Waals surface area contributed by atoms with Crippen molar-refractivity contribution in [2.45, 2.75) is 24.8 Å². The fraction of sp³-hybridized carbons (Fsp3) is 0.273. The molecular formula is C11H13ClO2S. The van der Waals surface area contributed by atoms with Crippen LogP contribution in [0.4, 0.5) is 0 Å². The maximum atomic E-state index is 12.0. The highest BCUT2D eigenvalue weighted by Gasteiger charge is 2.13. The van der Waals surface area contributed by atoms with Crippen molar-refractivity contribution in [2.75, 3.05) is 0 Å². The first-order valence-corrected chi connectivity index (χ1v) is 6.10. The summed E-state index contributed by atoms with van der Waals surface area (Å²) in [7, 11) is -1.31. The molecule has 0 saturated heterocycles. The molecule has 1 aromatic carbocycles. The SMILES string of the molecule is C/C=C(\C(C)O)S(=O)c1ccc(Cl)cc1. The Labute approximate surface area is 97.0 Å². The van der Waals surface area contributed by atoms with Crippen LogP contribution >= 0.6 is 11.6 Å². The van der Waals surface area contributed by atoms with Crippen molar-refractivity contribution in [2.24, 2.45) is 0 Å². The van der Waals surface area contributed by atoms with Gasteiger partial charge >= 0.3 is 0 Å². The Balaban J connectivity index is 2.99.